The molecular formula is C24H42O6Si. The fourth-order valence-electron chi connectivity index (χ4n) is 4.14. The van der Waals surface area contributed by atoms with Gasteiger partial charge in [0, 0.05) is 25.7 Å². The molecule has 0 aromatic heterocycles. The minimum Gasteiger partial charge on any atom is -0.469 e. The van der Waals surface area contributed by atoms with Gasteiger partial charge in [0.25, 0.3) is 0 Å². The number of ether oxygens (including phenoxy) is 3. The Morgan fingerprint density at radius 3 is 2.35 bits per heavy atom. The summed E-state index contributed by atoms with van der Waals surface area (Å²) in [6.07, 6.45) is 7.09. The predicted octanol–water partition coefficient (Wildman–Crippen LogP) is 5.31. The lowest BCUT2D eigenvalue weighted by Gasteiger charge is -2.43. The molecule has 1 spiro atoms. The smallest absolute Gasteiger partial charge is 0.308 e. The Morgan fingerprint density at radius 1 is 1.19 bits per heavy atom. The standard InChI is InChI=1S/C24H42O6Si/c1-8-11-21(30-31(6,7)23(2,3)4)20(25)13-12-18-16-19(17-22(26)27-5)29-24(28-18)14-9-10-15-24/h8,18-19,21H,1,9-17H2,2-7H3/t18?,19-,21-/m1/s1. The first-order valence-corrected chi connectivity index (χ1v) is 14.6. The summed E-state index contributed by atoms with van der Waals surface area (Å²) in [4.78, 5) is 24.9. The lowest BCUT2D eigenvalue weighted by atomic mass is 9.98. The van der Waals surface area contributed by atoms with Crippen LogP contribution in [0.2, 0.25) is 18.1 Å². The second-order valence-corrected chi connectivity index (χ2v) is 15.3. The van der Waals surface area contributed by atoms with Crippen molar-refractivity contribution < 1.29 is 28.2 Å². The minimum atomic E-state index is -2.07. The summed E-state index contributed by atoms with van der Waals surface area (Å²) in [5, 5.41) is 0.0342. The zero-order valence-corrected chi connectivity index (χ0v) is 21.3. The molecule has 2 rings (SSSR count). The van der Waals surface area contributed by atoms with Crippen LogP contribution < -0.4 is 0 Å². The van der Waals surface area contributed by atoms with Gasteiger partial charge in [-0.3, -0.25) is 9.59 Å². The van der Waals surface area contributed by atoms with Crippen molar-refractivity contribution in [3.8, 4) is 0 Å². The summed E-state index contributed by atoms with van der Waals surface area (Å²) in [6, 6.07) is 0. The summed E-state index contributed by atoms with van der Waals surface area (Å²) in [6.45, 7) is 14.7. The zero-order chi connectivity index (χ0) is 23.3. The van der Waals surface area contributed by atoms with E-state index in [0.29, 0.717) is 25.7 Å². The normalized spacial score (nSPS) is 24.7. The van der Waals surface area contributed by atoms with E-state index >= 15 is 0 Å². The van der Waals surface area contributed by atoms with Crippen LogP contribution in [0.4, 0.5) is 0 Å². The number of rotatable bonds is 10. The Morgan fingerprint density at radius 2 is 1.81 bits per heavy atom. The molecule has 7 heteroatoms. The van der Waals surface area contributed by atoms with Gasteiger partial charge in [0.05, 0.1) is 25.7 Å². The molecule has 1 aliphatic heterocycles. The molecular weight excluding hydrogens is 412 g/mol. The molecule has 2 aliphatic rings. The quantitative estimate of drug-likeness (QED) is 0.253. The Labute approximate surface area is 189 Å². The SMILES string of the molecule is C=CC[C@@H](O[Si](C)(C)C(C)(C)C)C(=O)CCC1C[C@H](CC(=O)OC)OC2(CCCC2)O1. The minimum absolute atomic E-state index is 0.0342. The van der Waals surface area contributed by atoms with Crippen molar-refractivity contribution in [1.29, 1.82) is 0 Å². The van der Waals surface area contributed by atoms with Crippen molar-refractivity contribution in [3.05, 3.63) is 12.7 Å². The maximum atomic E-state index is 13.1. The van der Waals surface area contributed by atoms with Crippen LogP contribution >= 0.6 is 0 Å². The number of esters is 1. The highest BCUT2D eigenvalue weighted by atomic mass is 28.4. The average Bonchev–Trinajstić information content (AvgIpc) is 3.11. The number of carbonyl (C=O) groups excluding carboxylic acids is 2. The van der Waals surface area contributed by atoms with Gasteiger partial charge in [0.1, 0.15) is 6.10 Å². The van der Waals surface area contributed by atoms with Crippen molar-refractivity contribution in [1.82, 2.24) is 0 Å². The van der Waals surface area contributed by atoms with Gasteiger partial charge in [-0.15, -0.1) is 6.58 Å². The van der Waals surface area contributed by atoms with Crippen LogP contribution in [0.25, 0.3) is 0 Å². The van der Waals surface area contributed by atoms with Crippen LogP contribution in [0, 0.1) is 0 Å². The highest BCUT2D eigenvalue weighted by molar-refractivity contribution is 6.74. The molecule has 0 amide bonds. The van der Waals surface area contributed by atoms with Gasteiger partial charge in [-0.25, -0.2) is 0 Å². The van der Waals surface area contributed by atoms with Gasteiger partial charge in [-0.05, 0) is 43.8 Å². The summed E-state index contributed by atoms with van der Waals surface area (Å²) in [5.41, 5.74) is 0. The monoisotopic (exact) mass is 454 g/mol. The van der Waals surface area contributed by atoms with Crippen molar-refractivity contribution in [3.63, 3.8) is 0 Å². The molecule has 0 radical (unpaired) electrons. The van der Waals surface area contributed by atoms with E-state index < -0.39 is 20.2 Å². The first-order chi connectivity index (χ1) is 14.4. The molecule has 3 atom stereocenters. The molecule has 0 bridgehead atoms. The number of hydrogen-bond donors (Lipinski definition) is 0. The highest BCUT2D eigenvalue weighted by Gasteiger charge is 2.45. The predicted molar refractivity (Wildman–Crippen MR) is 123 cm³/mol. The van der Waals surface area contributed by atoms with E-state index in [9.17, 15) is 9.59 Å². The van der Waals surface area contributed by atoms with E-state index in [0.717, 1.165) is 25.7 Å². The van der Waals surface area contributed by atoms with Crippen molar-refractivity contribution in [2.45, 2.75) is 121 Å². The molecule has 1 saturated carbocycles. The Balaban J connectivity index is 2.01. The third-order valence-electron chi connectivity index (χ3n) is 6.97. The maximum absolute atomic E-state index is 13.1. The van der Waals surface area contributed by atoms with Gasteiger partial charge >= 0.3 is 5.97 Å². The van der Waals surface area contributed by atoms with E-state index in [1.807, 2.05) is 0 Å². The highest BCUT2D eigenvalue weighted by Crippen LogP contribution is 2.42. The van der Waals surface area contributed by atoms with Gasteiger partial charge in [-0.1, -0.05) is 26.8 Å². The fourth-order valence-corrected chi connectivity index (χ4v) is 5.43. The Hall–Kier alpha value is -1.02. The second kappa shape index (κ2) is 10.7. The van der Waals surface area contributed by atoms with Crippen molar-refractivity contribution >= 4 is 20.1 Å². The third kappa shape index (κ3) is 7.24. The first-order valence-electron chi connectivity index (χ1n) is 11.7. The topological polar surface area (TPSA) is 71.1 Å². The molecule has 1 saturated heterocycles. The number of Topliss-reactive ketones (excluding diaryl/α,β-unsaturated/α-hetero) is 1. The van der Waals surface area contributed by atoms with Gasteiger partial charge in [0.2, 0.25) is 0 Å². The maximum Gasteiger partial charge on any atom is 0.308 e. The van der Waals surface area contributed by atoms with Crippen LogP contribution in [0.3, 0.4) is 0 Å². The van der Waals surface area contributed by atoms with Crippen LogP contribution in [0.5, 0.6) is 0 Å². The molecule has 178 valence electrons. The summed E-state index contributed by atoms with van der Waals surface area (Å²) >= 11 is 0. The molecule has 2 fully saturated rings. The van der Waals surface area contributed by atoms with E-state index in [1.54, 1.807) is 6.08 Å². The molecule has 6 nitrogen and oxygen atoms in total. The Bertz CT molecular complexity index is 632. The van der Waals surface area contributed by atoms with E-state index in [1.165, 1.54) is 7.11 Å². The largest absolute Gasteiger partial charge is 0.469 e. The first kappa shape index (κ1) is 26.2. The van der Waals surface area contributed by atoms with Crippen LogP contribution in [0.1, 0.15) is 78.6 Å². The van der Waals surface area contributed by atoms with Crippen LogP contribution in [-0.2, 0) is 28.2 Å². The number of ketones is 1. The summed E-state index contributed by atoms with van der Waals surface area (Å²) in [7, 11) is -0.674. The molecule has 31 heavy (non-hydrogen) atoms. The fraction of sp³-hybridized carbons (Fsp3) is 0.833. The van der Waals surface area contributed by atoms with Crippen LogP contribution in [0.15, 0.2) is 12.7 Å². The molecule has 0 aromatic carbocycles. The Kier molecular flexibility index (Phi) is 9.08. The molecule has 1 heterocycles. The number of methoxy groups -OCH3 is 1. The van der Waals surface area contributed by atoms with E-state index in [4.69, 9.17) is 18.6 Å². The van der Waals surface area contributed by atoms with Gasteiger partial charge in [0.15, 0.2) is 19.9 Å². The van der Waals surface area contributed by atoms with Crippen LogP contribution in [-0.4, -0.2) is 51.3 Å². The zero-order valence-electron chi connectivity index (χ0n) is 20.3. The van der Waals surface area contributed by atoms with Crippen molar-refractivity contribution in [2.24, 2.45) is 0 Å². The van der Waals surface area contributed by atoms with Gasteiger partial charge in [-0.2, -0.15) is 0 Å². The van der Waals surface area contributed by atoms with Gasteiger partial charge < -0.3 is 18.6 Å². The molecule has 0 N–H and O–H groups in total. The second-order valence-electron chi connectivity index (χ2n) is 10.5. The molecule has 0 aromatic rings. The molecule has 1 unspecified atom stereocenters. The van der Waals surface area contributed by atoms with E-state index in [-0.39, 0.29) is 35.4 Å². The number of carbonyl (C=O) groups is 2. The summed E-state index contributed by atoms with van der Waals surface area (Å²) < 4.78 is 23.8. The average molecular weight is 455 g/mol. The third-order valence-corrected chi connectivity index (χ3v) is 11.5. The number of hydrogen-bond acceptors (Lipinski definition) is 6. The molecule has 1 aliphatic carbocycles. The summed E-state index contributed by atoms with van der Waals surface area (Å²) in [5.74, 6) is -0.781. The van der Waals surface area contributed by atoms with Crippen molar-refractivity contribution in [2.75, 3.05) is 7.11 Å². The lowest BCUT2D eigenvalue weighted by Crippen LogP contribution is -2.48. The lowest BCUT2D eigenvalue weighted by molar-refractivity contribution is -0.315. The van der Waals surface area contributed by atoms with E-state index in [2.05, 4.69) is 40.4 Å².